The Morgan fingerprint density at radius 2 is 1.05 bits per heavy atom. The van der Waals surface area contributed by atoms with E-state index in [2.05, 4.69) is 26.8 Å². The molecule has 792 valence electrons. The molecule has 12 fully saturated rings. The highest BCUT2D eigenvalue weighted by molar-refractivity contribution is 5.80. The molecule has 0 spiro atoms. The van der Waals surface area contributed by atoms with Gasteiger partial charge in [0.25, 0.3) is 0 Å². The lowest BCUT2D eigenvalue weighted by atomic mass is 9.33. The Bertz CT molecular complexity index is 4100. The highest BCUT2D eigenvalue weighted by atomic mass is 16.8. The van der Waals surface area contributed by atoms with Gasteiger partial charge in [0, 0.05) is 12.8 Å². The Morgan fingerprint density at radius 3 is 1.65 bits per heavy atom. The van der Waals surface area contributed by atoms with Crippen LogP contribution in [0.5, 0.6) is 0 Å². The van der Waals surface area contributed by atoms with Gasteiger partial charge >= 0.3 is 23.9 Å². The zero-order chi connectivity index (χ0) is 101. The fourth-order valence-corrected chi connectivity index (χ4v) is 24.4. The molecule has 0 aromatic heterocycles. The Labute approximate surface area is 799 Å². The van der Waals surface area contributed by atoms with Crippen molar-refractivity contribution in [3.05, 3.63) is 11.6 Å². The summed E-state index contributed by atoms with van der Waals surface area (Å²) < 4.78 is 109. The summed E-state index contributed by atoms with van der Waals surface area (Å²) in [5.74, 6) is -9.28. The van der Waals surface area contributed by atoms with Crippen molar-refractivity contribution in [2.75, 3.05) is 33.0 Å². The number of carbonyl (C=O) groups is 5. The molecule has 51 atom stereocenters. The molecular formula is C93H150O45. The number of rotatable bonds is 34. The number of aliphatic hydroxyl groups excluding tert-OH is 20. The number of allylic oxidation sites excluding steroid dienone is 2. The summed E-state index contributed by atoms with van der Waals surface area (Å²) in [6.07, 6.45) is -65.7. The average molecular weight is 1990 g/mol. The third-order valence-electron chi connectivity index (χ3n) is 33.4. The van der Waals surface area contributed by atoms with E-state index >= 15 is 4.79 Å². The normalized spacial score (nSPS) is 48.8. The summed E-state index contributed by atoms with van der Waals surface area (Å²) in [4.78, 5) is 72.1. The zero-order valence-corrected chi connectivity index (χ0v) is 80.2. The minimum Gasteiger partial charge on any atom is -0.479 e. The number of carboxylic acids is 1. The molecule has 5 aliphatic carbocycles. The maximum Gasteiger partial charge on any atom is 0.335 e. The van der Waals surface area contributed by atoms with Crippen LogP contribution in [-0.2, 0) is 109 Å². The minimum absolute atomic E-state index is 0.0177. The first kappa shape index (κ1) is 111. The summed E-state index contributed by atoms with van der Waals surface area (Å²) in [6, 6.07) is 0. The summed E-state index contributed by atoms with van der Waals surface area (Å²) in [5.41, 5.74) is -5.50. The zero-order valence-electron chi connectivity index (χ0n) is 80.2. The first-order valence-corrected chi connectivity index (χ1v) is 48.7. The highest BCUT2D eigenvalue weighted by Crippen LogP contribution is 2.76. The summed E-state index contributed by atoms with van der Waals surface area (Å²) >= 11 is 0. The van der Waals surface area contributed by atoms with Crippen LogP contribution in [0, 0.1) is 62.1 Å². The molecule has 0 bridgehead atoms. The van der Waals surface area contributed by atoms with Crippen LogP contribution in [0.25, 0.3) is 0 Å². The number of carboxylic acid groups (broad SMARTS) is 1. The Hall–Kier alpha value is -4.15. The van der Waals surface area contributed by atoms with Crippen molar-refractivity contribution in [2.45, 2.75) is 444 Å². The van der Waals surface area contributed by atoms with Crippen LogP contribution in [0.4, 0.5) is 0 Å². The predicted octanol–water partition coefficient (Wildman–Crippen LogP) is -4.27. The average Bonchev–Trinajstić information content (AvgIpc) is 0.690. The van der Waals surface area contributed by atoms with Crippen LogP contribution >= 0.6 is 0 Å². The van der Waals surface area contributed by atoms with E-state index in [4.69, 9.17) is 85.3 Å². The van der Waals surface area contributed by atoms with Gasteiger partial charge in [-0.15, -0.1) is 0 Å². The monoisotopic (exact) mass is 1990 g/mol. The number of aldehydes is 1. The third-order valence-corrected chi connectivity index (χ3v) is 33.4. The molecule has 13 rings (SSSR count). The summed E-state index contributed by atoms with van der Waals surface area (Å²) in [6.45, 7) is 20.8. The third kappa shape index (κ3) is 21.5. The van der Waals surface area contributed by atoms with Gasteiger partial charge in [-0.05, 0) is 129 Å². The summed E-state index contributed by atoms with van der Waals surface area (Å²) in [7, 11) is 0. The van der Waals surface area contributed by atoms with E-state index < -0.39 is 365 Å². The molecule has 8 heterocycles. The predicted molar refractivity (Wildman–Crippen MR) is 461 cm³/mol. The number of aliphatic hydroxyl groups is 21. The van der Waals surface area contributed by atoms with Crippen molar-refractivity contribution < 1.29 is 222 Å². The number of ether oxygens (including phenoxy) is 18. The maximum absolute atomic E-state index is 16.4. The number of esters is 3. The van der Waals surface area contributed by atoms with Gasteiger partial charge in [-0.25, -0.2) is 4.79 Å². The Morgan fingerprint density at radius 1 is 0.507 bits per heavy atom. The second kappa shape index (κ2) is 44.1. The van der Waals surface area contributed by atoms with Crippen LogP contribution in [0.15, 0.2) is 11.6 Å². The smallest absolute Gasteiger partial charge is 0.335 e. The van der Waals surface area contributed by atoms with Crippen LogP contribution in [-0.4, -0.2) is 427 Å². The SMILES string of the molecule is CC[C@@H]1OCC(O)(O[C@@H](C[C@H](O)CC(=O)O[C@@H](C[C@H](O)CC(=O)O[C@@H]2C(C)O[C@@H](OC(=O)[C@]34CCC(C)(C)CC3C3=CCC5[C@@]6(C)CC[C@H](O[C@@H]7OC(C(=O)O)[C@H](O)[C@H](O[C@@H]8OC[C@@H](O)[C@H](O)C8O)C7O[C@@H]7OC(CO)[C@H](O)[C@H](O)C7O)[C@@](C)(C=O)C6CC[C@@]5(C)[C@]3(C)C[C@H]4O)[C@H](O[C@@H]3OC(C)[C@H](OC4OCC(O)[C@H](OC5OCC(O)[C@H](O)[C@@H]5O)[C@@H]4O)[C@H](O)C3O)C2O)[C@@H](C)CC)[C@@H](C)CC)C1O. The highest BCUT2D eigenvalue weighted by Gasteiger charge is 2.74. The van der Waals surface area contributed by atoms with Crippen LogP contribution in [0.2, 0.25) is 0 Å². The van der Waals surface area contributed by atoms with E-state index in [1.54, 1.807) is 27.7 Å². The number of carbonyl (C=O) groups excluding carboxylic acids is 4. The topological polar surface area (TPSA) is 697 Å². The molecule has 45 heteroatoms. The molecule has 0 aromatic carbocycles. The number of hydrogen-bond donors (Lipinski definition) is 22. The van der Waals surface area contributed by atoms with E-state index in [0.29, 0.717) is 57.8 Å². The molecule has 4 saturated carbocycles. The molecule has 13 aliphatic rings. The first-order chi connectivity index (χ1) is 64.7. The first-order valence-electron chi connectivity index (χ1n) is 48.7. The van der Waals surface area contributed by atoms with Gasteiger partial charge in [0.05, 0.1) is 93.5 Å². The fraction of sp³-hybridized carbons (Fsp3) is 0.925. The molecule has 18 unspecified atom stereocenters. The standard InChI is InChI=1S/C93H150O45/c1-14-37(4)49(127-56(102)27-42(97)26-50(38(5)15-2)138-93(120)36-124-48(16-3)77(93)116)25-41(96)28-57(103)130-71-40(7)126-84(75(67(71)113)135-82-66(112)62(108)70(39(6)125-82)131-81-69(115)72(47(100)34-123-81)132-79-63(109)58(104)45(98)32-121-79)137-86(119)92-24-23-87(8,9)29-44(92)43-17-18-53-88(10)21-20-55(89(11,35-95)52(88)19-22-90(53,12)91(43,13)30-54(92)101)129-85-76(136-83-65(111)61(107)60(106)51(31-94)128-83)73(68(114)74(134-85)78(117)118)133-80-64(110)59(105)46(99)33-122-80/h17,35,37-42,44-55,58-77,79-85,94,96-101,104-116,120H,14-16,18-34,36H2,1-13H3,(H,117,118)/t37-,38-,39?,40?,41-,42-,44?,45?,46+,47?,48-,49-,50-,51?,52?,53?,54+,55-,58-,59-,60-,61-,62+,63-,64?,65?,66?,67?,68+,69-,70-,71+,72-,73-,74?,75+,76?,77?,79?,80-,81?,82-,83-,84-,85+,88-,89-,90+,91+,92+,93?/m0/s1. The van der Waals surface area contributed by atoms with Gasteiger partial charge in [0.15, 0.2) is 56.1 Å². The number of aliphatic carboxylic acids is 1. The van der Waals surface area contributed by atoms with E-state index in [9.17, 15) is 132 Å². The van der Waals surface area contributed by atoms with Crippen LogP contribution in [0.1, 0.15) is 193 Å². The molecule has 138 heavy (non-hydrogen) atoms. The molecule has 8 saturated heterocycles. The minimum atomic E-state index is -2.26. The lowest BCUT2D eigenvalue weighted by molar-refractivity contribution is -0.391. The van der Waals surface area contributed by atoms with Crippen molar-refractivity contribution in [1.82, 2.24) is 0 Å². The van der Waals surface area contributed by atoms with E-state index in [1.165, 1.54) is 13.8 Å². The molecular weight excluding hydrogens is 1840 g/mol. The molecule has 22 N–H and O–H groups in total. The second-order valence-corrected chi connectivity index (χ2v) is 42.8. The quantitative estimate of drug-likeness (QED) is 0.00724. The van der Waals surface area contributed by atoms with Gasteiger partial charge in [-0.1, -0.05) is 101 Å². The largest absolute Gasteiger partial charge is 0.479 e. The summed E-state index contributed by atoms with van der Waals surface area (Å²) in [5, 5.41) is 248. The van der Waals surface area contributed by atoms with Crippen molar-refractivity contribution in [3.8, 4) is 0 Å². The van der Waals surface area contributed by atoms with E-state index in [0.717, 1.165) is 11.9 Å². The maximum atomic E-state index is 16.4. The molecule has 0 aromatic rings. The Balaban J connectivity index is 0.749. The molecule has 0 radical (unpaired) electrons. The van der Waals surface area contributed by atoms with Crippen molar-refractivity contribution >= 4 is 30.2 Å². The molecule has 45 nitrogen and oxygen atoms in total. The lowest BCUT2D eigenvalue weighted by Gasteiger charge is -2.71. The van der Waals surface area contributed by atoms with Crippen molar-refractivity contribution in [3.63, 3.8) is 0 Å². The number of hydrogen-bond acceptors (Lipinski definition) is 44. The lowest BCUT2D eigenvalue weighted by Crippen LogP contribution is -2.69. The van der Waals surface area contributed by atoms with Gasteiger partial charge in [0.1, 0.15) is 153 Å². The van der Waals surface area contributed by atoms with Gasteiger partial charge in [0.2, 0.25) is 12.1 Å². The van der Waals surface area contributed by atoms with Crippen LogP contribution in [0.3, 0.4) is 0 Å². The van der Waals surface area contributed by atoms with Crippen LogP contribution < -0.4 is 0 Å². The number of fused-ring (bicyclic) bond motifs is 7. The van der Waals surface area contributed by atoms with E-state index in [-0.39, 0.29) is 50.5 Å². The van der Waals surface area contributed by atoms with Crippen molar-refractivity contribution in [2.24, 2.45) is 62.1 Å². The Kier molecular flexibility index (Phi) is 35.5. The van der Waals surface area contributed by atoms with E-state index in [1.807, 2.05) is 27.7 Å². The second-order valence-electron chi connectivity index (χ2n) is 42.8. The fourth-order valence-electron chi connectivity index (χ4n) is 24.4. The molecule has 8 aliphatic heterocycles. The molecule has 0 amide bonds. The van der Waals surface area contributed by atoms with Crippen molar-refractivity contribution in [1.29, 1.82) is 0 Å². The van der Waals surface area contributed by atoms with Gasteiger partial charge < -0.3 is 202 Å². The van der Waals surface area contributed by atoms with Gasteiger partial charge in [-0.2, -0.15) is 0 Å². The van der Waals surface area contributed by atoms with Gasteiger partial charge in [-0.3, -0.25) is 14.4 Å².